The van der Waals surface area contributed by atoms with Crippen LogP contribution in [0.5, 0.6) is 0 Å². The van der Waals surface area contributed by atoms with E-state index in [-0.39, 0.29) is 5.82 Å². The zero-order valence-electron chi connectivity index (χ0n) is 19.3. The highest BCUT2D eigenvalue weighted by molar-refractivity contribution is 5.87. The molecular weight excluding hydrogens is 397 g/mol. The predicted octanol–water partition coefficient (Wildman–Crippen LogP) is 7.90. The summed E-state index contributed by atoms with van der Waals surface area (Å²) in [6.07, 6.45) is 16.3. The molecular formula is C28H32FN3. The van der Waals surface area contributed by atoms with Gasteiger partial charge in [0.1, 0.15) is 5.82 Å². The van der Waals surface area contributed by atoms with Crippen LogP contribution in [0.25, 0.3) is 22.4 Å². The smallest absolute Gasteiger partial charge is 0.132 e. The lowest BCUT2D eigenvalue weighted by Gasteiger charge is -2.15. The largest absolute Gasteiger partial charge is 0.269 e. The summed E-state index contributed by atoms with van der Waals surface area (Å²) in [7, 11) is 0. The maximum atomic E-state index is 14.3. The number of halogens is 1. The van der Waals surface area contributed by atoms with Crippen molar-refractivity contribution >= 4 is 11.1 Å². The quantitative estimate of drug-likeness (QED) is 0.307. The van der Waals surface area contributed by atoms with Crippen LogP contribution in [0.2, 0.25) is 0 Å². The summed E-state index contributed by atoms with van der Waals surface area (Å²) < 4.78 is 16.4. The van der Waals surface area contributed by atoms with Gasteiger partial charge in [0, 0.05) is 23.5 Å². The molecule has 0 amide bonds. The standard InChI is InChI=1S/C28H32FN3/c1-5-11-25(12-6-2)32-20-24(19-31-32)22(8-4)17-21(7-3)23-15-16-30-28(18-23)26-13-9-10-14-27(26)29/h7-10,13-20,25H,4-6,11-12H2,1-3H3/b21-7+,22-17+. The predicted molar refractivity (Wildman–Crippen MR) is 133 cm³/mol. The van der Waals surface area contributed by atoms with Crippen LogP contribution < -0.4 is 0 Å². The summed E-state index contributed by atoms with van der Waals surface area (Å²) in [4.78, 5) is 4.38. The van der Waals surface area contributed by atoms with E-state index in [1.54, 1.807) is 18.3 Å². The highest BCUT2D eigenvalue weighted by Gasteiger charge is 2.13. The van der Waals surface area contributed by atoms with E-state index in [4.69, 9.17) is 0 Å². The number of aromatic nitrogens is 3. The highest BCUT2D eigenvalue weighted by Crippen LogP contribution is 2.28. The Labute approximate surface area is 191 Å². The Hall–Kier alpha value is -3.27. The SMILES string of the molecule is C=C/C(=C\C(=C/C)c1ccnc(-c2ccccc2F)c1)c1cnn(C(CCC)CCC)c1. The lowest BCUT2D eigenvalue weighted by molar-refractivity contribution is 0.391. The van der Waals surface area contributed by atoms with Crippen molar-refractivity contribution in [3.63, 3.8) is 0 Å². The zero-order valence-corrected chi connectivity index (χ0v) is 19.3. The van der Waals surface area contributed by atoms with E-state index >= 15 is 0 Å². The summed E-state index contributed by atoms with van der Waals surface area (Å²) in [5, 5.41) is 4.65. The van der Waals surface area contributed by atoms with E-state index < -0.39 is 0 Å². The van der Waals surface area contributed by atoms with Gasteiger partial charge in [-0.2, -0.15) is 5.10 Å². The van der Waals surface area contributed by atoms with Gasteiger partial charge in [0.2, 0.25) is 0 Å². The first-order chi connectivity index (χ1) is 15.6. The summed E-state index contributed by atoms with van der Waals surface area (Å²) in [5.41, 5.74) is 5.15. The van der Waals surface area contributed by atoms with Gasteiger partial charge in [-0.05, 0) is 66.8 Å². The Morgan fingerprint density at radius 3 is 2.50 bits per heavy atom. The van der Waals surface area contributed by atoms with Gasteiger partial charge in [0.05, 0.1) is 17.9 Å². The second-order valence-electron chi connectivity index (χ2n) is 7.90. The van der Waals surface area contributed by atoms with Gasteiger partial charge in [0.15, 0.2) is 0 Å². The number of rotatable bonds is 10. The molecule has 3 rings (SSSR count). The summed E-state index contributed by atoms with van der Waals surface area (Å²) in [5.74, 6) is -0.275. The lowest BCUT2D eigenvalue weighted by atomic mass is 9.99. The number of allylic oxidation sites excluding steroid dienone is 5. The van der Waals surface area contributed by atoms with Gasteiger partial charge < -0.3 is 0 Å². The van der Waals surface area contributed by atoms with Crippen molar-refractivity contribution in [3.05, 3.63) is 96.7 Å². The fraction of sp³-hybridized carbons (Fsp3) is 0.286. The molecule has 0 spiro atoms. The normalized spacial score (nSPS) is 12.4. The first kappa shape index (κ1) is 23.4. The van der Waals surface area contributed by atoms with Crippen molar-refractivity contribution in [2.45, 2.75) is 52.5 Å². The molecule has 0 saturated carbocycles. The van der Waals surface area contributed by atoms with E-state index in [2.05, 4.69) is 47.5 Å². The molecule has 166 valence electrons. The number of pyridine rings is 1. The van der Waals surface area contributed by atoms with Crippen molar-refractivity contribution in [1.29, 1.82) is 0 Å². The van der Waals surface area contributed by atoms with Crippen molar-refractivity contribution in [2.75, 3.05) is 0 Å². The molecule has 3 aromatic rings. The molecule has 3 nitrogen and oxygen atoms in total. The van der Waals surface area contributed by atoms with Crippen LogP contribution in [0.1, 0.15) is 63.6 Å². The van der Waals surface area contributed by atoms with Crippen LogP contribution in [0.15, 0.2) is 79.8 Å². The molecule has 1 aromatic carbocycles. The molecule has 0 bridgehead atoms. The zero-order chi connectivity index (χ0) is 22.9. The minimum absolute atomic E-state index is 0.275. The molecule has 0 unspecified atom stereocenters. The van der Waals surface area contributed by atoms with Gasteiger partial charge >= 0.3 is 0 Å². The fourth-order valence-corrected chi connectivity index (χ4v) is 3.95. The Morgan fingerprint density at radius 1 is 1.09 bits per heavy atom. The fourth-order valence-electron chi connectivity index (χ4n) is 3.95. The molecule has 0 N–H and O–H groups in total. The van der Waals surface area contributed by atoms with Crippen LogP contribution >= 0.6 is 0 Å². The molecule has 0 saturated heterocycles. The summed E-state index contributed by atoms with van der Waals surface area (Å²) in [6.45, 7) is 10.5. The van der Waals surface area contributed by atoms with Gasteiger partial charge in [-0.25, -0.2) is 4.39 Å². The van der Waals surface area contributed by atoms with Crippen molar-refractivity contribution in [2.24, 2.45) is 0 Å². The second kappa shape index (κ2) is 11.4. The van der Waals surface area contributed by atoms with Gasteiger partial charge in [-0.15, -0.1) is 0 Å². The van der Waals surface area contributed by atoms with Crippen LogP contribution in [0, 0.1) is 5.82 Å². The average molecular weight is 430 g/mol. The number of hydrogen-bond acceptors (Lipinski definition) is 2. The van der Waals surface area contributed by atoms with Crippen molar-refractivity contribution in [1.82, 2.24) is 14.8 Å². The Morgan fingerprint density at radius 2 is 1.84 bits per heavy atom. The lowest BCUT2D eigenvalue weighted by Crippen LogP contribution is -2.09. The monoisotopic (exact) mass is 429 g/mol. The molecule has 0 radical (unpaired) electrons. The minimum atomic E-state index is -0.275. The molecule has 0 aliphatic carbocycles. The number of hydrogen-bond donors (Lipinski definition) is 0. The third-order valence-corrected chi connectivity index (χ3v) is 5.64. The summed E-state index contributed by atoms with van der Waals surface area (Å²) >= 11 is 0. The summed E-state index contributed by atoms with van der Waals surface area (Å²) in [6, 6.07) is 11.0. The van der Waals surface area contributed by atoms with Gasteiger partial charge in [-0.1, -0.05) is 57.6 Å². The van der Waals surface area contributed by atoms with Crippen molar-refractivity contribution in [3.8, 4) is 11.3 Å². The van der Waals surface area contributed by atoms with Crippen LogP contribution in [0.3, 0.4) is 0 Å². The van der Waals surface area contributed by atoms with E-state index in [9.17, 15) is 4.39 Å². The maximum Gasteiger partial charge on any atom is 0.132 e. The van der Waals surface area contributed by atoms with E-state index in [1.165, 1.54) is 6.07 Å². The first-order valence-electron chi connectivity index (χ1n) is 11.4. The first-order valence-corrected chi connectivity index (χ1v) is 11.4. The topological polar surface area (TPSA) is 30.7 Å². The molecule has 2 heterocycles. The molecule has 0 aliphatic heterocycles. The Kier molecular flexibility index (Phi) is 8.32. The van der Waals surface area contributed by atoms with Crippen molar-refractivity contribution < 1.29 is 4.39 Å². The van der Waals surface area contributed by atoms with Gasteiger partial charge in [0.25, 0.3) is 0 Å². The third-order valence-electron chi connectivity index (χ3n) is 5.64. The minimum Gasteiger partial charge on any atom is -0.269 e. The average Bonchev–Trinajstić information content (AvgIpc) is 3.30. The molecule has 4 heteroatoms. The molecule has 0 aliphatic rings. The third kappa shape index (κ3) is 5.50. The Bertz CT molecular complexity index is 1100. The van der Waals surface area contributed by atoms with Crippen LogP contribution in [-0.2, 0) is 0 Å². The van der Waals surface area contributed by atoms with Gasteiger partial charge in [-0.3, -0.25) is 9.67 Å². The number of nitrogens with zero attached hydrogens (tertiary/aromatic N) is 3. The van der Waals surface area contributed by atoms with Crippen LogP contribution in [-0.4, -0.2) is 14.8 Å². The molecule has 32 heavy (non-hydrogen) atoms. The Balaban J connectivity index is 1.93. The molecule has 2 aromatic heterocycles. The molecule has 0 fully saturated rings. The van der Waals surface area contributed by atoms with E-state index in [0.29, 0.717) is 17.3 Å². The van der Waals surface area contributed by atoms with E-state index in [1.807, 2.05) is 43.5 Å². The number of benzene rings is 1. The van der Waals surface area contributed by atoms with Crippen LogP contribution in [0.4, 0.5) is 4.39 Å². The van der Waals surface area contributed by atoms with E-state index in [0.717, 1.165) is 48.0 Å². The highest BCUT2D eigenvalue weighted by atomic mass is 19.1. The molecule has 0 atom stereocenters. The maximum absolute atomic E-state index is 14.3. The second-order valence-corrected chi connectivity index (χ2v) is 7.90.